The van der Waals surface area contributed by atoms with Crippen LogP contribution in [0.5, 0.6) is 0 Å². The Morgan fingerprint density at radius 3 is 2.73 bits per heavy atom. The lowest BCUT2D eigenvalue weighted by atomic mass is 10.2. The Morgan fingerprint density at radius 2 is 2.00 bits per heavy atom. The van der Waals surface area contributed by atoms with E-state index in [1.807, 2.05) is 13.0 Å². The molecule has 3 rings (SSSR count). The van der Waals surface area contributed by atoms with Gasteiger partial charge in [-0.25, -0.2) is 0 Å². The average molecular weight is 369 g/mol. The number of nitrogens with zero attached hydrogens (tertiary/aromatic N) is 1. The van der Waals surface area contributed by atoms with Gasteiger partial charge in [-0.1, -0.05) is 48.0 Å². The molecule has 0 aliphatic carbocycles. The van der Waals surface area contributed by atoms with Gasteiger partial charge >= 0.3 is 0 Å². The van der Waals surface area contributed by atoms with Gasteiger partial charge in [0, 0.05) is 30.6 Å². The average Bonchev–Trinajstić information content (AvgIpc) is 3.05. The monoisotopic (exact) mass is 368 g/mol. The number of benzene rings is 2. The number of thioether (sulfide) groups is 1. The van der Waals surface area contributed by atoms with Crippen LogP contribution in [-0.2, 0) is 11.3 Å². The molecule has 2 aromatic rings. The van der Waals surface area contributed by atoms with Crippen LogP contribution in [0.25, 0.3) is 0 Å². The van der Waals surface area contributed by atoms with Crippen LogP contribution in [-0.4, -0.2) is 35.2 Å². The van der Waals surface area contributed by atoms with Crippen molar-refractivity contribution in [2.24, 2.45) is 0 Å². The topological polar surface area (TPSA) is 32.3 Å². The van der Waals surface area contributed by atoms with E-state index in [0.717, 1.165) is 26.1 Å². The van der Waals surface area contributed by atoms with Gasteiger partial charge in [0.25, 0.3) is 0 Å². The molecular formula is C22H28N2OS. The molecule has 26 heavy (non-hydrogen) atoms. The van der Waals surface area contributed by atoms with Crippen molar-refractivity contribution in [2.75, 3.05) is 13.1 Å². The summed E-state index contributed by atoms with van der Waals surface area (Å²) in [5.74, 6) is 0.140. The molecule has 0 spiro atoms. The summed E-state index contributed by atoms with van der Waals surface area (Å²) in [7, 11) is 0. The van der Waals surface area contributed by atoms with E-state index >= 15 is 0 Å². The molecular weight excluding hydrogens is 340 g/mol. The normalized spacial score (nSPS) is 18.7. The number of hydrogen-bond acceptors (Lipinski definition) is 3. The predicted molar refractivity (Wildman–Crippen MR) is 110 cm³/mol. The second kappa shape index (κ2) is 8.74. The zero-order valence-electron chi connectivity index (χ0n) is 15.9. The van der Waals surface area contributed by atoms with Crippen molar-refractivity contribution in [1.29, 1.82) is 0 Å². The van der Waals surface area contributed by atoms with E-state index in [2.05, 4.69) is 66.5 Å². The van der Waals surface area contributed by atoms with Crippen molar-refractivity contribution in [3.8, 4) is 0 Å². The molecule has 0 bridgehead atoms. The minimum Gasteiger partial charge on any atom is -0.351 e. The molecule has 2 unspecified atom stereocenters. The lowest BCUT2D eigenvalue weighted by Crippen LogP contribution is -2.40. The fraction of sp³-hybridized carbons (Fsp3) is 0.409. The second-order valence-corrected chi connectivity index (χ2v) is 8.63. The molecule has 1 aliphatic heterocycles. The maximum atomic E-state index is 12.6. The highest BCUT2D eigenvalue weighted by Crippen LogP contribution is 2.27. The van der Waals surface area contributed by atoms with Crippen molar-refractivity contribution in [3.63, 3.8) is 0 Å². The summed E-state index contributed by atoms with van der Waals surface area (Å²) in [6.07, 6.45) is 1.03. The van der Waals surface area contributed by atoms with E-state index in [4.69, 9.17) is 0 Å². The van der Waals surface area contributed by atoms with E-state index < -0.39 is 0 Å². The number of carbonyl (C=O) groups is 1. The Bertz CT molecular complexity index is 747. The minimum absolute atomic E-state index is 0.0837. The molecule has 1 heterocycles. The van der Waals surface area contributed by atoms with Crippen LogP contribution in [0.3, 0.4) is 0 Å². The number of carbonyl (C=O) groups excluding carboxylic acids is 1. The minimum atomic E-state index is -0.0837. The molecule has 1 N–H and O–H groups in total. The van der Waals surface area contributed by atoms with Gasteiger partial charge in [-0.2, -0.15) is 0 Å². The van der Waals surface area contributed by atoms with E-state index in [9.17, 15) is 4.79 Å². The Hall–Kier alpha value is -1.78. The van der Waals surface area contributed by atoms with E-state index in [1.165, 1.54) is 21.6 Å². The Balaban J connectivity index is 1.48. The fourth-order valence-electron chi connectivity index (χ4n) is 3.43. The summed E-state index contributed by atoms with van der Waals surface area (Å²) < 4.78 is 0. The molecule has 4 heteroatoms. The third-order valence-corrected chi connectivity index (χ3v) is 6.15. The second-order valence-electron chi connectivity index (χ2n) is 7.24. The Morgan fingerprint density at radius 1 is 1.23 bits per heavy atom. The van der Waals surface area contributed by atoms with Gasteiger partial charge in [0.15, 0.2) is 0 Å². The quantitative estimate of drug-likeness (QED) is 0.777. The standard InChI is InChI=1S/C22H28N2OS/c1-16-9-10-21(17(2)13-16)26-18(3)22(25)23-20-11-12-24(15-20)14-19-7-5-4-6-8-19/h4-10,13,18,20H,11-12,14-15H2,1-3H3,(H,23,25). The largest absolute Gasteiger partial charge is 0.351 e. The first-order valence-corrected chi connectivity index (χ1v) is 10.2. The summed E-state index contributed by atoms with van der Waals surface area (Å²) in [6, 6.07) is 17.2. The molecule has 138 valence electrons. The highest BCUT2D eigenvalue weighted by molar-refractivity contribution is 8.00. The van der Waals surface area contributed by atoms with E-state index in [-0.39, 0.29) is 17.2 Å². The summed E-state index contributed by atoms with van der Waals surface area (Å²) in [4.78, 5) is 16.2. The van der Waals surface area contributed by atoms with E-state index in [0.29, 0.717) is 0 Å². The van der Waals surface area contributed by atoms with Crippen LogP contribution in [0.4, 0.5) is 0 Å². The Labute approximate surface area is 161 Å². The molecule has 3 nitrogen and oxygen atoms in total. The number of likely N-dealkylation sites (tertiary alicyclic amines) is 1. The van der Waals surface area contributed by atoms with Crippen molar-refractivity contribution in [2.45, 2.75) is 49.9 Å². The first kappa shape index (κ1) is 19.0. The maximum Gasteiger partial charge on any atom is 0.233 e. The van der Waals surface area contributed by atoms with Crippen molar-refractivity contribution < 1.29 is 4.79 Å². The summed E-state index contributed by atoms with van der Waals surface area (Å²) in [5, 5.41) is 3.16. The highest BCUT2D eigenvalue weighted by atomic mass is 32.2. The summed E-state index contributed by atoms with van der Waals surface area (Å²) in [5.41, 5.74) is 3.83. The molecule has 0 saturated carbocycles. The molecule has 1 amide bonds. The third-order valence-electron chi connectivity index (χ3n) is 4.87. The molecule has 1 fully saturated rings. The predicted octanol–water partition coefficient (Wildman–Crippen LogP) is 4.17. The lowest BCUT2D eigenvalue weighted by Gasteiger charge is -2.19. The number of hydrogen-bond donors (Lipinski definition) is 1. The molecule has 0 aromatic heterocycles. The Kier molecular flexibility index (Phi) is 6.38. The molecule has 1 saturated heterocycles. The number of aryl methyl sites for hydroxylation is 2. The first-order valence-electron chi connectivity index (χ1n) is 9.32. The van der Waals surface area contributed by atoms with Crippen molar-refractivity contribution >= 4 is 17.7 Å². The van der Waals surface area contributed by atoms with Crippen LogP contribution in [0, 0.1) is 13.8 Å². The SMILES string of the molecule is Cc1ccc(SC(C)C(=O)NC2CCN(Cc3ccccc3)C2)c(C)c1. The maximum absolute atomic E-state index is 12.6. The molecule has 0 radical (unpaired) electrons. The van der Waals surface area contributed by atoms with Gasteiger partial charge in [-0.05, 0) is 44.4 Å². The molecule has 1 aliphatic rings. The molecule has 2 atom stereocenters. The van der Waals surface area contributed by atoms with Gasteiger partial charge in [-0.15, -0.1) is 11.8 Å². The van der Waals surface area contributed by atoms with Gasteiger partial charge in [0.1, 0.15) is 0 Å². The van der Waals surface area contributed by atoms with Crippen molar-refractivity contribution in [1.82, 2.24) is 10.2 Å². The van der Waals surface area contributed by atoms with Crippen LogP contribution in [0.1, 0.15) is 30.0 Å². The first-order chi connectivity index (χ1) is 12.5. The lowest BCUT2D eigenvalue weighted by molar-refractivity contribution is -0.120. The summed E-state index contributed by atoms with van der Waals surface area (Å²) in [6.45, 7) is 9.13. The fourth-order valence-corrected chi connectivity index (χ4v) is 4.38. The van der Waals surface area contributed by atoms with Crippen LogP contribution < -0.4 is 5.32 Å². The van der Waals surface area contributed by atoms with Crippen LogP contribution in [0.15, 0.2) is 53.4 Å². The molecule has 2 aromatic carbocycles. The number of rotatable bonds is 6. The van der Waals surface area contributed by atoms with E-state index in [1.54, 1.807) is 11.8 Å². The van der Waals surface area contributed by atoms with Gasteiger partial charge in [0.2, 0.25) is 5.91 Å². The van der Waals surface area contributed by atoms with Gasteiger partial charge in [0.05, 0.1) is 5.25 Å². The van der Waals surface area contributed by atoms with Gasteiger partial charge < -0.3 is 5.32 Å². The highest BCUT2D eigenvalue weighted by Gasteiger charge is 2.26. The van der Waals surface area contributed by atoms with Crippen LogP contribution >= 0.6 is 11.8 Å². The summed E-state index contributed by atoms with van der Waals surface area (Å²) >= 11 is 1.65. The zero-order valence-corrected chi connectivity index (χ0v) is 16.7. The van der Waals surface area contributed by atoms with Crippen molar-refractivity contribution in [3.05, 3.63) is 65.2 Å². The zero-order chi connectivity index (χ0) is 18.5. The number of amides is 1. The smallest absolute Gasteiger partial charge is 0.233 e. The number of nitrogens with one attached hydrogen (secondary N) is 1. The third kappa shape index (κ3) is 5.12. The van der Waals surface area contributed by atoms with Gasteiger partial charge in [-0.3, -0.25) is 9.69 Å². The van der Waals surface area contributed by atoms with Crippen LogP contribution in [0.2, 0.25) is 0 Å².